The van der Waals surface area contributed by atoms with Crippen molar-refractivity contribution in [3.05, 3.63) is 77.9 Å². The van der Waals surface area contributed by atoms with Crippen molar-refractivity contribution >= 4 is 57.4 Å². The van der Waals surface area contributed by atoms with Gasteiger partial charge in [-0.25, -0.2) is 4.98 Å². The van der Waals surface area contributed by atoms with Crippen LogP contribution in [0.4, 0.5) is 5.13 Å². The van der Waals surface area contributed by atoms with Crippen LogP contribution in [-0.4, -0.2) is 61.0 Å². The first-order valence-electron chi connectivity index (χ1n) is 11.4. The molecule has 1 N–H and O–H groups in total. The van der Waals surface area contributed by atoms with Gasteiger partial charge in [-0.15, -0.1) is 24.8 Å². The number of carbonyl (C=O) groups excluding carboxylic acids is 1. The Labute approximate surface area is 228 Å². The molecule has 0 saturated carbocycles. The fourth-order valence-corrected chi connectivity index (χ4v) is 5.25. The molecule has 0 radical (unpaired) electrons. The summed E-state index contributed by atoms with van der Waals surface area (Å²) in [6, 6.07) is 22.0. The lowest BCUT2D eigenvalue weighted by Crippen LogP contribution is -2.43. The van der Waals surface area contributed by atoms with Crippen LogP contribution >= 0.6 is 36.2 Å². The molecule has 0 spiro atoms. The smallest absolute Gasteiger partial charge is 0.257 e. The zero-order chi connectivity index (χ0) is 23.5. The number of hydrogen-bond acceptors (Lipinski definition) is 6. The number of thiazole rings is 1. The predicted octanol–water partition coefficient (Wildman–Crippen LogP) is 5.82. The minimum Gasteiger partial charge on any atom is -0.494 e. The van der Waals surface area contributed by atoms with Crippen molar-refractivity contribution in [3.63, 3.8) is 0 Å². The maximum atomic E-state index is 12.9. The van der Waals surface area contributed by atoms with E-state index in [-0.39, 0.29) is 30.7 Å². The predicted molar refractivity (Wildman–Crippen MR) is 153 cm³/mol. The molecule has 1 aromatic heterocycles. The Hall–Kier alpha value is -2.68. The number of ether oxygens (including phenoxy) is 1. The molecule has 6 nitrogen and oxygen atoms in total. The van der Waals surface area contributed by atoms with Gasteiger partial charge in [0.25, 0.3) is 5.91 Å². The van der Waals surface area contributed by atoms with Crippen LogP contribution in [0.5, 0.6) is 5.75 Å². The second-order valence-corrected chi connectivity index (χ2v) is 9.61. The molecule has 36 heavy (non-hydrogen) atoms. The van der Waals surface area contributed by atoms with Gasteiger partial charge in [-0.2, -0.15) is 0 Å². The van der Waals surface area contributed by atoms with Crippen LogP contribution in [0.15, 0.2) is 66.7 Å². The van der Waals surface area contributed by atoms with Gasteiger partial charge in [-0.05, 0) is 42.4 Å². The molecule has 1 saturated heterocycles. The van der Waals surface area contributed by atoms with Crippen molar-refractivity contribution in [2.75, 3.05) is 45.7 Å². The third-order valence-corrected chi connectivity index (χ3v) is 7.25. The quantitative estimate of drug-likeness (QED) is 0.331. The first-order valence-corrected chi connectivity index (χ1v) is 12.3. The van der Waals surface area contributed by atoms with E-state index in [1.165, 1.54) is 16.9 Å². The summed E-state index contributed by atoms with van der Waals surface area (Å²) in [5, 5.41) is 3.54. The lowest BCUT2D eigenvalue weighted by molar-refractivity contribution is 0.102. The van der Waals surface area contributed by atoms with Crippen molar-refractivity contribution < 1.29 is 9.53 Å². The number of hydrogen-bond donors (Lipinski definition) is 1. The summed E-state index contributed by atoms with van der Waals surface area (Å²) >= 11 is 1.46. The Balaban J connectivity index is 0.00000180. The monoisotopic (exact) mass is 544 g/mol. The van der Waals surface area contributed by atoms with Gasteiger partial charge in [0, 0.05) is 43.9 Å². The van der Waals surface area contributed by atoms with Gasteiger partial charge >= 0.3 is 0 Å². The summed E-state index contributed by atoms with van der Waals surface area (Å²) in [7, 11) is 3.80. The Morgan fingerprint density at radius 1 is 0.972 bits per heavy atom. The highest BCUT2D eigenvalue weighted by Gasteiger charge is 2.17. The maximum Gasteiger partial charge on any atom is 0.257 e. The number of anilines is 1. The number of halogens is 2. The van der Waals surface area contributed by atoms with Crippen LogP contribution in [0, 0.1) is 0 Å². The third-order valence-electron chi connectivity index (χ3n) is 6.25. The van der Waals surface area contributed by atoms with E-state index in [0.29, 0.717) is 16.4 Å². The Morgan fingerprint density at radius 2 is 1.67 bits per heavy atom. The first-order chi connectivity index (χ1) is 16.6. The molecule has 3 aromatic carbocycles. The van der Waals surface area contributed by atoms with Crippen molar-refractivity contribution in [3.8, 4) is 16.9 Å². The fraction of sp³-hybridized carbons (Fsp3) is 0.259. The van der Waals surface area contributed by atoms with Crippen molar-refractivity contribution in [2.24, 2.45) is 0 Å². The Morgan fingerprint density at radius 3 is 2.33 bits per heavy atom. The average molecular weight is 546 g/mol. The molecule has 9 heteroatoms. The standard InChI is InChI=1S/C27H28N4O2S.2ClH/c1-30-14-16-31(17-15-30)18-19-8-10-21(11-9-19)26(32)29-27-28-24-23(33-2)13-12-22(25(24)34-27)20-6-4-3-5-7-20;;/h3-13H,14-18H2,1-2H3,(H,28,29,32);2*1H. The molecule has 4 aromatic rings. The maximum absolute atomic E-state index is 12.9. The summed E-state index contributed by atoms with van der Waals surface area (Å²) in [5.41, 5.74) is 4.77. The number of aromatic nitrogens is 1. The van der Waals surface area contributed by atoms with Gasteiger partial charge in [0.1, 0.15) is 11.3 Å². The van der Waals surface area contributed by atoms with Crippen LogP contribution in [-0.2, 0) is 6.54 Å². The second-order valence-electron chi connectivity index (χ2n) is 8.61. The zero-order valence-corrected chi connectivity index (χ0v) is 22.7. The molecular weight excluding hydrogens is 515 g/mol. The van der Waals surface area contributed by atoms with Gasteiger partial charge in [0.05, 0.1) is 11.8 Å². The van der Waals surface area contributed by atoms with E-state index in [0.717, 1.165) is 54.1 Å². The Bertz CT molecular complexity index is 1290. The van der Waals surface area contributed by atoms with E-state index >= 15 is 0 Å². The van der Waals surface area contributed by atoms with Crippen molar-refractivity contribution in [1.82, 2.24) is 14.8 Å². The Kier molecular flexibility index (Phi) is 9.70. The van der Waals surface area contributed by atoms with E-state index in [4.69, 9.17) is 4.74 Å². The summed E-state index contributed by atoms with van der Waals surface area (Å²) < 4.78 is 6.52. The highest BCUT2D eigenvalue weighted by atomic mass is 35.5. The fourth-order valence-electron chi connectivity index (χ4n) is 4.24. The number of nitrogens with one attached hydrogen (secondary N) is 1. The molecule has 1 fully saturated rings. The summed E-state index contributed by atoms with van der Waals surface area (Å²) in [6.45, 7) is 5.25. The number of carbonyl (C=O) groups is 1. The van der Waals surface area contributed by atoms with Crippen LogP contribution < -0.4 is 10.1 Å². The molecule has 190 valence electrons. The number of rotatable bonds is 6. The second kappa shape index (κ2) is 12.5. The highest BCUT2D eigenvalue weighted by Crippen LogP contribution is 2.39. The summed E-state index contributed by atoms with van der Waals surface area (Å²) in [5.74, 6) is 0.533. The largest absolute Gasteiger partial charge is 0.494 e. The van der Waals surface area contributed by atoms with Crippen molar-refractivity contribution in [2.45, 2.75) is 6.54 Å². The minimum atomic E-state index is -0.162. The number of benzene rings is 3. The SMILES string of the molecule is COc1ccc(-c2ccccc2)c2sc(NC(=O)c3ccc(CN4CCN(C)CC4)cc3)nc12.Cl.Cl. The van der Waals surface area contributed by atoms with E-state index in [1.54, 1.807) is 7.11 Å². The molecule has 0 aliphatic carbocycles. The average Bonchev–Trinajstić information content (AvgIpc) is 3.29. The molecule has 1 aliphatic rings. The molecule has 5 rings (SSSR count). The van der Waals surface area contributed by atoms with Crippen LogP contribution in [0.25, 0.3) is 21.3 Å². The van der Waals surface area contributed by atoms with Gasteiger partial charge in [0.2, 0.25) is 0 Å². The van der Waals surface area contributed by atoms with Crippen LogP contribution in [0.3, 0.4) is 0 Å². The van der Waals surface area contributed by atoms with Crippen molar-refractivity contribution in [1.29, 1.82) is 0 Å². The zero-order valence-electron chi connectivity index (χ0n) is 20.3. The van der Waals surface area contributed by atoms with E-state index in [1.807, 2.05) is 54.6 Å². The molecule has 0 atom stereocenters. The molecular formula is C27H30Cl2N4O2S. The molecule has 2 heterocycles. The number of amides is 1. The van der Waals surface area contributed by atoms with Gasteiger partial charge in [0.15, 0.2) is 5.13 Å². The molecule has 0 bridgehead atoms. The van der Waals surface area contributed by atoms with Gasteiger partial charge in [-0.3, -0.25) is 15.0 Å². The minimum absolute atomic E-state index is 0. The van der Waals surface area contributed by atoms with E-state index < -0.39 is 0 Å². The molecule has 1 aliphatic heterocycles. The normalized spacial score (nSPS) is 14.1. The van der Waals surface area contributed by atoms with Crippen LogP contribution in [0.2, 0.25) is 0 Å². The molecule has 0 unspecified atom stereocenters. The lowest BCUT2D eigenvalue weighted by atomic mass is 10.1. The topological polar surface area (TPSA) is 57.7 Å². The number of piperazine rings is 1. The highest BCUT2D eigenvalue weighted by molar-refractivity contribution is 7.23. The summed E-state index contributed by atoms with van der Waals surface area (Å²) in [6.07, 6.45) is 0. The van der Waals surface area contributed by atoms with Gasteiger partial charge < -0.3 is 9.64 Å². The number of nitrogens with zero attached hydrogens (tertiary/aromatic N) is 3. The lowest BCUT2D eigenvalue weighted by Gasteiger charge is -2.32. The first kappa shape index (κ1) is 27.9. The third kappa shape index (κ3) is 6.17. The number of methoxy groups -OCH3 is 1. The number of likely N-dealkylation sites (N-methyl/N-ethyl adjacent to an activating group) is 1. The summed E-state index contributed by atoms with van der Waals surface area (Å²) in [4.78, 5) is 22.4. The van der Waals surface area contributed by atoms with Gasteiger partial charge in [-0.1, -0.05) is 53.8 Å². The number of fused-ring (bicyclic) bond motifs is 1. The molecule has 1 amide bonds. The van der Waals surface area contributed by atoms with E-state index in [2.05, 4.69) is 39.3 Å². The van der Waals surface area contributed by atoms with E-state index in [9.17, 15) is 4.79 Å². The van der Waals surface area contributed by atoms with Crippen LogP contribution in [0.1, 0.15) is 15.9 Å².